The van der Waals surface area contributed by atoms with Gasteiger partial charge in [0.05, 0.1) is 23.6 Å². The Labute approximate surface area is 165 Å². The second-order valence-corrected chi connectivity index (χ2v) is 8.68. The molecule has 1 aliphatic carbocycles. The van der Waals surface area contributed by atoms with Crippen LogP contribution in [0.2, 0.25) is 0 Å². The lowest BCUT2D eigenvalue weighted by Crippen LogP contribution is -3.00. The van der Waals surface area contributed by atoms with Gasteiger partial charge in [-0.15, -0.1) is 0 Å². The maximum atomic E-state index is 12.3. The molecule has 0 amide bonds. The zero-order valence-electron chi connectivity index (χ0n) is 15.7. The van der Waals surface area contributed by atoms with Crippen molar-refractivity contribution in [3.8, 4) is 0 Å². The third-order valence-electron chi connectivity index (χ3n) is 4.03. The van der Waals surface area contributed by atoms with Gasteiger partial charge >= 0.3 is 5.97 Å². The number of esters is 1. The van der Waals surface area contributed by atoms with E-state index in [0.29, 0.717) is 0 Å². The highest BCUT2D eigenvalue weighted by Crippen LogP contribution is 2.25. The summed E-state index contributed by atoms with van der Waals surface area (Å²) in [5, 5.41) is 3.35. The summed E-state index contributed by atoms with van der Waals surface area (Å²) in [4.78, 5) is 17.0. The van der Waals surface area contributed by atoms with E-state index in [0.717, 1.165) is 34.4 Å². The number of fused-ring (bicyclic) bond motifs is 1. The van der Waals surface area contributed by atoms with E-state index in [1.54, 1.807) is 11.8 Å². The maximum Gasteiger partial charge on any atom is 0.326 e. The van der Waals surface area contributed by atoms with Gasteiger partial charge in [0.25, 0.3) is 0 Å². The Balaban J connectivity index is 0.00000243. The Hall–Kier alpha value is -1.24. The van der Waals surface area contributed by atoms with Crippen molar-refractivity contribution in [2.75, 3.05) is 12.3 Å². The molecule has 144 valence electrons. The van der Waals surface area contributed by atoms with Gasteiger partial charge in [0.15, 0.2) is 5.16 Å². The average molecular weight is 398 g/mol. The predicted octanol–water partition coefficient (Wildman–Crippen LogP) is -0.410. The minimum absolute atomic E-state index is 0. The van der Waals surface area contributed by atoms with E-state index in [2.05, 4.69) is 5.32 Å². The number of benzene rings is 1. The van der Waals surface area contributed by atoms with E-state index >= 15 is 0 Å². The van der Waals surface area contributed by atoms with Crippen molar-refractivity contribution in [3.05, 3.63) is 24.3 Å². The number of carbonyl (C=O) groups excluding carboxylic acids is 1. The Bertz CT molecular complexity index is 738. The van der Waals surface area contributed by atoms with Gasteiger partial charge in [0.2, 0.25) is 0 Å². The van der Waals surface area contributed by atoms with Gasteiger partial charge in [0.1, 0.15) is 12.1 Å². The Morgan fingerprint density at radius 1 is 1.35 bits per heavy atom. The van der Waals surface area contributed by atoms with Crippen molar-refractivity contribution in [1.29, 1.82) is 0 Å². The first kappa shape index (κ1) is 21.1. The van der Waals surface area contributed by atoms with Crippen LogP contribution >= 0.6 is 11.8 Å². The van der Waals surface area contributed by atoms with Crippen molar-refractivity contribution in [2.45, 2.75) is 63.4 Å². The summed E-state index contributed by atoms with van der Waals surface area (Å²) in [7, 11) is 0. The van der Waals surface area contributed by atoms with E-state index in [-0.39, 0.29) is 24.9 Å². The topological polar surface area (TPSA) is 60.7 Å². The van der Waals surface area contributed by atoms with Crippen LogP contribution in [0.15, 0.2) is 29.4 Å². The second-order valence-electron chi connectivity index (χ2n) is 7.62. The fourth-order valence-corrected chi connectivity index (χ4v) is 3.73. The van der Waals surface area contributed by atoms with Crippen LogP contribution in [-0.4, -0.2) is 39.5 Å². The fraction of sp³-hybridized carbons (Fsp3) is 0.579. The van der Waals surface area contributed by atoms with Crippen molar-refractivity contribution in [1.82, 2.24) is 9.55 Å². The largest absolute Gasteiger partial charge is 1.00 e. The number of ether oxygens (including phenoxy) is 1. The van der Waals surface area contributed by atoms with Gasteiger partial charge in [-0.1, -0.05) is 23.9 Å². The van der Waals surface area contributed by atoms with Gasteiger partial charge in [0, 0.05) is 25.0 Å². The van der Waals surface area contributed by atoms with Gasteiger partial charge in [-0.25, -0.2) is 4.98 Å². The van der Waals surface area contributed by atoms with E-state index in [4.69, 9.17) is 9.72 Å². The van der Waals surface area contributed by atoms with E-state index in [9.17, 15) is 4.79 Å². The van der Waals surface area contributed by atoms with E-state index < -0.39 is 5.60 Å². The molecule has 1 saturated carbocycles. The van der Waals surface area contributed by atoms with Gasteiger partial charge in [-0.05, 0) is 32.9 Å². The summed E-state index contributed by atoms with van der Waals surface area (Å²) in [5.41, 5.74) is 1.44. The molecule has 1 heterocycles. The molecular formula is C19H28ClN3O2S. The molecule has 0 radical (unpaired) electrons. The first-order valence-corrected chi connectivity index (χ1v) is 10.0. The molecule has 2 aromatic rings. The van der Waals surface area contributed by atoms with E-state index in [1.807, 2.05) is 49.6 Å². The standard InChI is InChI=1S/C19H27N3O2S.ClH/c1-19(2,3)24-17(23)13-22-16-8-5-4-7-15(16)21-18(22)25-12-6-11-20-14-9-10-14;/h4-5,7-8,14,20H,6,9-13H2,1-3H3;1H. The number of hydrogen-bond donors (Lipinski definition) is 1. The molecule has 5 nitrogen and oxygen atoms in total. The van der Waals surface area contributed by atoms with Crippen molar-refractivity contribution < 1.29 is 27.3 Å². The summed E-state index contributed by atoms with van der Waals surface area (Å²) in [5.74, 6) is 0.792. The first-order valence-electron chi connectivity index (χ1n) is 9.05. The SMILES string of the molecule is CC(C)(C)OC(=O)Cn1c(SCCC[NH2+]C2CC2)nc2ccccc21.[Cl-]. The second kappa shape index (κ2) is 9.11. The number of nitrogens with zero attached hydrogens (tertiary/aromatic N) is 2. The minimum atomic E-state index is -0.473. The lowest BCUT2D eigenvalue weighted by Gasteiger charge is -2.20. The Morgan fingerprint density at radius 3 is 2.77 bits per heavy atom. The molecular weight excluding hydrogens is 370 g/mol. The molecule has 3 rings (SSSR count). The zero-order valence-corrected chi connectivity index (χ0v) is 17.3. The molecule has 1 fully saturated rings. The fourth-order valence-electron chi connectivity index (χ4n) is 2.75. The number of quaternary nitrogens is 1. The summed E-state index contributed by atoms with van der Waals surface area (Å²) < 4.78 is 7.47. The molecule has 26 heavy (non-hydrogen) atoms. The van der Waals surface area contributed by atoms with Crippen LogP contribution in [0.1, 0.15) is 40.0 Å². The normalized spacial score (nSPS) is 14.3. The summed E-state index contributed by atoms with van der Waals surface area (Å²) in [6.45, 7) is 7.05. The maximum absolute atomic E-state index is 12.3. The number of hydrogen-bond acceptors (Lipinski definition) is 4. The monoisotopic (exact) mass is 397 g/mol. The van der Waals surface area contributed by atoms with Crippen molar-refractivity contribution in [3.63, 3.8) is 0 Å². The van der Waals surface area contributed by atoms with Gasteiger partial charge in [-0.2, -0.15) is 0 Å². The third-order valence-corrected chi connectivity index (χ3v) is 5.09. The summed E-state index contributed by atoms with van der Waals surface area (Å²) in [6, 6.07) is 8.84. The van der Waals surface area contributed by atoms with Crippen LogP contribution in [0.25, 0.3) is 11.0 Å². The summed E-state index contributed by atoms with van der Waals surface area (Å²) in [6.07, 6.45) is 3.90. The Morgan fingerprint density at radius 2 is 2.08 bits per heavy atom. The average Bonchev–Trinajstić information content (AvgIpc) is 3.29. The van der Waals surface area contributed by atoms with Crippen LogP contribution in [0, 0.1) is 0 Å². The molecule has 1 aliphatic rings. The van der Waals surface area contributed by atoms with Crippen LogP contribution in [0.4, 0.5) is 0 Å². The molecule has 1 aromatic heterocycles. The highest BCUT2D eigenvalue weighted by molar-refractivity contribution is 7.99. The number of carbonyl (C=O) groups is 1. The lowest BCUT2D eigenvalue weighted by atomic mass is 10.2. The van der Waals surface area contributed by atoms with E-state index in [1.165, 1.54) is 19.4 Å². The van der Waals surface area contributed by atoms with Gasteiger partial charge < -0.3 is 27.0 Å². The number of para-hydroxylation sites is 2. The predicted molar refractivity (Wildman–Crippen MR) is 101 cm³/mol. The number of nitrogens with two attached hydrogens (primary N) is 1. The molecule has 0 bridgehead atoms. The highest BCUT2D eigenvalue weighted by Gasteiger charge is 2.24. The highest BCUT2D eigenvalue weighted by atomic mass is 35.5. The third kappa shape index (κ3) is 6.18. The number of rotatable bonds is 8. The van der Waals surface area contributed by atoms with Crippen molar-refractivity contribution in [2.24, 2.45) is 0 Å². The van der Waals surface area contributed by atoms with Crippen molar-refractivity contribution >= 4 is 28.8 Å². The van der Waals surface area contributed by atoms with Gasteiger partial charge in [-0.3, -0.25) is 4.79 Å². The number of halogens is 1. The quantitative estimate of drug-likeness (QED) is 0.374. The molecule has 7 heteroatoms. The van der Waals surface area contributed by atoms with Crippen LogP contribution in [0.5, 0.6) is 0 Å². The van der Waals surface area contributed by atoms with Crippen LogP contribution in [0.3, 0.4) is 0 Å². The molecule has 0 atom stereocenters. The molecule has 1 aromatic carbocycles. The molecule has 0 aliphatic heterocycles. The number of aromatic nitrogens is 2. The number of thioether (sulfide) groups is 1. The first-order chi connectivity index (χ1) is 11.9. The zero-order chi connectivity index (χ0) is 17.9. The number of imidazole rings is 1. The minimum Gasteiger partial charge on any atom is -1.00 e. The smallest absolute Gasteiger partial charge is 0.326 e. The summed E-state index contributed by atoms with van der Waals surface area (Å²) >= 11 is 1.73. The van der Waals surface area contributed by atoms with Crippen LogP contribution < -0.4 is 17.7 Å². The van der Waals surface area contributed by atoms with Crippen LogP contribution in [-0.2, 0) is 16.1 Å². The Kier molecular flexibility index (Phi) is 7.38. The molecule has 2 N–H and O–H groups in total. The molecule has 0 unspecified atom stereocenters. The molecule has 0 saturated heterocycles. The lowest BCUT2D eigenvalue weighted by molar-refractivity contribution is -0.668. The molecule has 0 spiro atoms.